The molecule has 2 N–H and O–H groups in total. The Balaban J connectivity index is 1.29. The second-order valence-corrected chi connectivity index (χ2v) is 11.3. The van der Waals surface area contributed by atoms with Gasteiger partial charge in [0.25, 0.3) is 11.8 Å². The molecule has 0 bridgehead atoms. The molecule has 2 unspecified atom stereocenters. The number of hydrogen-bond donors (Lipinski definition) is 2. The molecule has 13 nitrogen and oxygen atoms in total. The molecule has 5 heterocycles. The number of carbonyl (C=O) groups is 4. The van der Waals surface area contributed by atoms with E-state index in [1.807, 2.05) is 0 Å². The molecule has 4 aliphatic rings. The molecule has 0 saturated carbocycles. The smallest absolute Gasteiger partial charge is 0.262 e. The van der Waals surface area contributed by atoms with Gasteiger partial charge in [-0.15, -0.1) is 5.10 Å². The van der Waals surface area contributed by atoms with E-state index < -0.39 is 35.7 Å². The van der Waals surface area contributed by atoms with Crippen molar-refractivity contribution >= 4 is 29.3 Å². The third-order valence-corrected chi connectivity index (χ3v) is 8.63. The molecular formula is C29H30N8O5. The van der Waals surface area contributed by atoms with Crippen LogP contribution in [0.5, 0.6) is 0 Å². The fraction of sp³-hybridized carbons (Fsp3) is 0.448. The Morgan fingerprint density at radius 2 is 1.90 bits per heavy atom. The van der Waals surface area contributed by atoms with Crippen molar-refractivity contribution in [2.75, 3.05) is 18.5 Å². The quantitative estimate of drug-likeness (QED) is 0.399. The van der Waals surface area contributed by atoms with Crippen LogP contribution < -0.4 is 10.6 Å². The van der Waals surface area contributed by atoms with Gasteiger partial charge in [0.15, 0.2) is 5.82 Å². The lowest BCUT2D eigenvalue weighted by Crippen LogP contribution is -2.54. The van der Waals surface area contributed by atoms with E-state index in [1.165, 1.54) is 5.56 Å². The van der Waals surface area contributed by atoms with E-state index in [-0.39, 0.29) is 24.0 Å². The van der Waals surface area contributed by atoms with Gasteiger partial charge < -0.3 is 10.1 Å². The highest BCUT2D eigenvalue weighted by Gasteiger charge is 2.46. The SMILES string of the molecule is O=C1CCC(N2C(=O)c3cccc(C(Nc4cnc5c(c4)CCC5)c4nnnn4CC4CCOCC4)c3C2=O)C(=O)N1. The van der Waals surface area contributed by atoms with Gasteiger partial charge in [-0.2, -0.15) is 0 Å². The number of rotatable bonds is 7. The van der Waals surface area contributed by atoms with E-state index >= 15 is 0 Å². The zero-order valence-electron chi connectivity index (χ0n) is 22.9. The number of hydrogen-bond acceptors (Lipinski definition) is 10. The summed E-state index contributed by atoms with van der Waals surface area (Å²) >= 11 is 0. The predicted octanol–water partition coefficient (Wildman–Crippen LogP) is 1.59. The number of tetrazole rings is 1. The molecule has 3 aliphatic heterocycles. The number of ether oxygens (including phenoxy) is 1. The van der Waals surface area contributed by atoms with Crippen LogP contribution in [0.15, 0.2) is 30.5 Å². The standard InChI is InChI=1S/C29H30N8O5/c38-23-8-7-22(27(39)32-23)37-28(40)20-5-2-4-19(24(20)29(37)41)25(31-18-13-17-3-1-6-21(17)30-14-18)26-33-34-35-36(26)15-16-9-11-42-12-10-16/h2,4-5,13-14,16,22,25,31H,1,3,6-12,15H2,(H,32,38,39). The van der Waals surface area contributed by atoms with Crippen molar-refractivity contribution in [3.05, 3.63) is 64.2 Å². The van der Waals surface area contributed by atoms with E-state index in [0.29, 0.717) is 37.1 Å². The maximum atomic E-state index is 14.0. The first-order valence-electron chi connectivity index (χ1n) is 14.4. The van der Waals surface area contributed by atoms with Crippen molar-refractivity contribution in [3.63, 3.8) is 0 Å². The van der Waals surface area contributed by atoms with Crippen LogP contribution in [0.3, 0.4) is 0 Å². The zero-order chi connectivity index (χ0) is 28.8. The van der Waals surface area contributed by atoms with Crippen molar-refractivity contribution in [1.29, 1.82) is 0 Å². The molecule has 216 valence electrons. The summed E-state index contributed by atoms with van der Waals surface area (Å²) in [5.41, 5.74) is 3.92. The Labute approximate surface area is 241 Å². The van der Waals surface area contributed by atoms with Crippen molar-refractivity contribution in [2.45, 2.75) is 63.6 Å². The molecule has 42 heavy (non-hydrogen) atoms. The highest BCUT2D eigenvalue weighted by atomic mass is 16.5. The topological polar surface area (TPSA) is 161 Å². The van der Waals surface area contributed by atoms with Crippen molar-refractivity contribution in [3.8, 4) is 0 Å². The Kier molecular flexibility index (Phi) is 6.73. The first-order valence-corrected chi connectivity index (χ1v) is 14.4. The molecule has 1 aromatic carbocycles. The van der Waals surface area contributed by atoms with Gasteiger partial charge in [-0.1, -0.05) is 12.1 Å². The lowest BCUT2D eigenvalue weighted by Gasteiger charge is -2.28. The number of carbonyl (C=O) groups excluding carboxylic acids is 4. The summed E-state index contributed by atoms with van der Waals surface area (Å²) < 4.78 is 7.28. The Bertz CT molecular complexity index is 1600. The second-order valence-electron chi connectivity index (χ2n) is 11.3. The van der Waals surface area contributed by atoms with Gasteiger partial charge in [-0.05, 0) is 78.1 Å². The lowest BCUT2D eigenvalue weighted by atomic mass is 9.95. The molecule has 0 spiro atoms. The molecule has 2 aromatic heterocycles. The Morgan fingerprint density at radius 1 is 1.05 bits per heavy atom. The Morgan fingerprint density at radius 3 is 2.74 bits per heavy atom. The van der Waals surface area contributed by atoms with Crippen LogP contribution in [0.2, 0.25) is 0 Å². The predicted molar refractivity (Wildman–Crippen MR) is 146 cm³/mol. The van der Waals surface area contributed by atoms with Gasteiger partial charge >= 0.3 is 0 Å². The number of amides is 4. The van der Waals surface area contributed by atoms with Gasteiger partial charge in [0, 0.05) is 31.9 Å². The summed E-state index contributed by atoms with van der Waals surface area (Å²) in [5.74, 6) is -1.39. The normalized spacial score (nSPS) is 21.3. The van der Waals surface area contributed by atoms with E-state index in [2.05, 4.69) is 37.2 Å². The number of benzene rings is 1. The third-order valence-electron chi connectivity index (χ3n) is 8.63. The van der Waals surface area contributed by atoms with Crippen molar-refractivity contribution < 1.29 is 23.9 Å². The molecule has 13 heteroatoms. The highest BCUT2D eigenvalue weighted by Crippen LogP contribution is 2.36. The van der Waals surface area contributed by atoms with Crippen LogP contribution in [-0.2, 0) is 33.7 Å². The van der Waals surface area contributed by atoms with Gasteiger partial charge in [0.1, 0.15) is 12.1 Å². The van der Waals surface area contributed by atoms with E-state index in [9.17, 15) is 19.2 Å². The molecule has 0 radical (unpaired) electrons. The summed E-state index contributed by atoms with van der Waals surface area (Å²) in [5, 5.41) is 18.5. The molecule has 4 amide bonds. The highest BCUT2D eigenvalue weighted by molar-refractivity contribution is 6.24. The average molecular weight is 571 g/mol. The van der Waals surface area contributed by atoms with Gasteiger partial charge in [0.2, 0.25) is 11.8 Å². The van der Waals surface area contributed by atoms with Crippen LogP contribution >= 0.6 is 0 Å². The van der Waals surface area contributed by atoms with Gasteiger partial charge in [-0.25, -0.2) is 4.68 Å². The number of imide groups is 2. The largest absolute Gasteiger partial charge is 0.381 e. The minimum absolute atomic E-state index is 0.0488. The number of nitrogens with zero attached hydrogens (tertiary/aromatic N) is 6. The number of piperidine rings is 1. The van der Waals surface area contributed by atoms with Crippen LogP contribution in [0.1, 0.15) is 81.5 Å². The molecular weight excluding hydrogens is 540 g/mol. The number of aromatic nitrogens is 5. The average Bonchev–Trinajstić information content (AvgIpc) is 3.71. The number of aryl methyl sites for hydroxylation is 2. The minimum atomic E-state index is -1.06. The Hall–Kier alpha value is -4.52. The summed E-state index contributed by atoms with van der Waals surface area (Å²) in [7, 11) is 0. The van der Waals surface area contributed by atoms with Gasteiger partial charge in [0.05, 0.1) is 23.0 Å². The number of nitrogens with one attached hydrogen (secondary N) is 2. The summed E-state index contributed by atoms with van der Waals surface area (Å²) in [6, 6.07) is 5.40. The maximum Gasteiger partial charge on any atom is 0.262 e. The van der Waals surface area contributed by atoms with Crippen LogP contribution in [0.25, 0.3) is 0 Å². The zero-order valence-corrected chi connectivity index (χ0v) is 22.9. The van der Waals surface area contributed by atoms with E-state index in [4.69, 9.17) is 4.74 Å². The molecule has 2 fully saturated rings. The van der Waals surface area contributed by atoms with E-state index in [1.54, 1.807) is 29.1 Å². The fourth-order valence-electron chi connectivity index (χ4n) is 6.46. The number of fused-ring (bicyclic) bond motifs is 2. The first-order chi connectivity index (χ1) is 20.5. The molecule has 2 atom stereocenters. The number of anilines is 1. The van der Waals surface area contributed by atoms with Crippen LogP contribution in [0, 0.1) is 5.92 Å². The summed E-state index contributed by atoms with van der Waals surface area (Å²) in [4.78, 5) is 57.6. The first kappa shape index (κ1) is 26.4. The molecule has 3 aromatic rings. The van der Waals surface area contributed by atoms with Crippen molar-refractivity contribution in [1.82, 2.24) is 35.4 Å². The summed E-state index contributed by atoms with van der Waals surface area (Å²) in [6.07, 6.45) is 6.62. The summed E-state index contributed by atoms with van der Waals surface area (Å²) in [6.45, 7) is 1.95. The maximum absolute atomic E-state index is 14.0. The fourth-order valence-corrected chi connectivity index (χ4v) is 6.46. The molecule has 1 aliphatic carbocycles. The second kappa shape index (κ2) is 10.7. The molecule has 7 rings (SSSR count). The van der Waals surface area contributed by atoms with Gasteiger partial charge in [-0.3, -0.25) is 34.4 Å². The minimum Gasteiger partial charge on any atom is -0.381 e. The van der Waals surface area contributed by atoms with Crippen LogP contribution in [-0.4, -0.2) is 73.0 Å². The monoisotopic (exact) mass is 570 g/mol. The molecule has 2 saturated heterocycles. The number of pyridine rings is 1. The lowest BCUT2D eigenvalue weighted by molar-refractivity contribution is -0.136. The van der Waals surface area contributed by atoms with E-state index in [0.717, 1.165) is 48.4 Å². The van der Waals surface area contributed by atoms with Crippen molar-refractivity contribution in [2.24, 2.45) is 5.92 Å². The van der Waals surface area contributed by atoms with Crippen LogP contribution in [0.4, 0.5) is 5.69 Å². The third kappa shape index (κ3) is 4.63.